The van der Waals surface area contributed by atoms with Crippen molar-refractivity contribution < 1.29 is 9.59 Å². The maximum Gasteiger partial charge on any atom is 0.253 e. The molecule has 114 valence electrons. The van der Waals surface area contributed by atoms with Gasteiger partial charge in [-0.25, -0.2) is 0 Å². The van der Waals surface area contributed by atoms with E-state index < -0.39 is 0 Å². The van der Waals surface area contributed by atoms with Crippen molar-refractivity contribution in [1.29, 1.82) is 0 Å². The molecule has 1 heterocycles. The van der Waals surface area contributed by atoms with Crippen LogP contribution in [0.5, 0.6) is 0 Å². The summed E-state index contributed by atoms with van der Waals surface area (Å²) in [4.78, 5) is 26.0. The van der Waals surface area contributed by atoms with E-state index in [2.05, 4.69) is 10.6 Å². The number of nitrogens with zero attached hydrogens (tertiary/aromatic N) is 1. The van der Waals surface area contributed by atoms with Gasteiger partial charge in [-0.2, -0.15) is 11.8 Å². The normalized spacial score (nSPS) is 14.8. The number of carbonyl (C=O) groups is 2. The molecule has 1 saturated heterocycles. The van der Waals surface area contributed by atoms with Gasteiger partial charge < -0.3 is 15.5 Å². The van der Waals surface area contributed by atoms with Crippen molar-refractivity contribution >= 4 is 29.3 Å². The topological polar surface area (TPSA) is 61.4 Å². The van der Waals surface area contributed by atoms with Gasteiger partial charge in [-0.05, 0) is 25.2 Å². The average molecular weight is 307 g/mol. The number of hydrogen-bond acceptors (Lipinski definition) is 4. The number of amides is 2. The monoisotopic (exact) mass is 307 g/mol. The number of hydrogen-bond donors (Lipinski definition) is 2. The summed E-state index contributed by atoms with van der Waals surface area (Å²) in [7, 11) is 1.81. The summed E-state index contributed by atoms with van der Waals surface area (Å²) < 4.78 is 0. The Labute approximate surface area is 129 Å². The van der Waals surface area contributed by atoms with E-state index in [-0.39, 0.29) is 11.8 Å². The summed E-state index contributed by atoms with van der Waals surface area (Å²) in [6, 6.07) is 7.16. The lowest BCUT2D eigenvalue weighted by atomic mass is 10.1. The van der Waals surface area contributed by atoms with Crippen molar-refractivity contribution in [3.8, 4) is 0 Å². The summed E-state index contributed by atoms with van der Waals surface area (Å²) in [5.41, 5.74) is 1.31. The highest BCUT2D eigenvalue weighted by atomic mass is 32.2. The van der Waals surface area contributed by atoms with Gasteiger partial charge in [-0.3, -0.25) is 9.59 Å². The van der Waals surface area contributed by atoms with Crippen LogP contribution in [0, 0.1) is 0 Å². The van der Waals surface area contributed by atoms with Gasteiger partial charge in [-0.15, -0.1) is 0 Å². The number of nitrogens with one attached hydrogen (secondary N) is 2. The van der Waals surface area contributed by atoms with Crippen LogP contribution in [-0.4, -0.2) is 54.9 Å². The minimum absolute atomic E-state index is 0.0432. The molecule has 0 radical (unpaired) electrons. The van der Waals surface area contributed by atoms with Gasteiger partial charge in [0.15, 0.2) is 0 Å². The summed E-state index contributed by atoms with van der Waals surface area (Å²) in [6.45, 7) is 2.22. The lowest BCUT2D eigenvalue weighted by Crippen LogP contribution is -2.37. The molecule has 1 aromatic rings. The molecular formula is C15H21N3O2S. The van der Waals surface area contributed by atoms with E-state index in [0.717, 1.165) is 24.6 Å². The highest BCUT2D eigenvalue weighted by Crippen LogP contribution is 2.16. The maximum atomic E-state index is 12.4. The maximum absolute atomic E-state index is 12.4. The van der Waals surface area contributed by atoms with Crippen molar-refractivity contribution in [2.75, 3.05) is 43.5 Å². The Morgan fingerprint density at radius 2 is 2.05 bits per heavy atom. The van der Waals surface area contributed by atoms with E-state index in [0.29, 0.717) is 24.2 Å². The van der Waals surface area contributed by atoms with Crippen LogP contribution in [0.3, 0.4) is 0 Å². The Morgan fingerprint density at radius 1 is 1.29 bits per heavy atom. The summed E-state index contributed by atoms with van der Waals surface area (Å²) >= 11 is 1.87. The standard InChI is InChI=1S/C15H21N3O2S/c1-16-6-5-14(19)17-13-4-2-3-12(11-13)15(20)18-7-9-21-10-8-18/h2-4,11,16H,5-10H2,1H3,(H,17,19). The quantitative estimate of drug-likeness (QED) is 0.864. The van der Waals surface area contributed by atoms with Crippen molar-refractivity contribution in [2.45, 2.75) is 6.42 Å². The van der Waals surface area contributed by atoms with Gasteiger partial charge in [0.2, 0.25) is 5.91 Å². The van der Waals surface area contributed by atoms with Crippen molar-refractivity contribution in [1.82, 2.24) is 10.2 Å². The van der Waals surface area contributed by atoms with Crippen LogP contribution in [0.25, 0.3) is 0 Å². The first kappa shape index (κ1) is 15.9. The number of thioether (sulfide) groups is 1. The molecule has 0 unspecified atom stereocenters. The predicted molar refractivity (Wildman–Crippen MR) is 86.8 cm³/mol. The minimum atomic E-state index is -0.0525. The first-order valence-electron chi connectivity index (χ1n) is 7.12. The van der Waals surface area contributed by atoms with Crippen LogP contribution in [0.2, 0.25) is 0 Å². The SMILES string of the molecule is CNCCC(=O)Nc1cccc(C(=O)N2CCSCC2)c1. The molecule has 0 spiro atoms. The number of anilines is 1. The zero-order valence-electron chi connectivity index (χ0n) is 12.2. The van der Waals surface area contributed by atoms with Gasteiger partial charge in [-0.1, -0.05) is 6.07 Å². The van der Waals surface area contributed by atoms with E-state index in [9.17, 15) is 9.59 Å². The van der Waals surface area contributed by atoms with Crippen LogP contribution >= 0.6 is 11.8 Å². The molecule has 5 nitrogen and oxygen atoms in total. The fourth-order valence-corrected chi connectivity index (χ4v) is 3.04. The third kappa shape index (κ3) is 4.75. The van der Waals surface area contributed by atoms with Crippen molar-refractivity contribution in [3.63, 3.8) is 0 Å². The highest BCUT2D eigenvalue weighted by molar-refractivity contribution is 7.99. The molecule has 2 rings (SSSR count). The summed E-state index contributed by atoms with van der Waals surface area (Å²) in [6.07, 6.45) is 0.415. The molecule has 21 heavy (non-hydrogen) atoms. The molecule has 2 amide bonds. The molecule has 0 saturated carbocycles. The molecule has 0 aromatic heterocycles. The summed E-state index contributed by atoms with van der Waals surface area (Å²) in [5.74, 6) is 1.98. The molecule has 1 aromatic carbocycles. The van der Waals surface area contributed by atoms with E-state index in [4.69, 9.17) is 0 Å². The second-order valence-corrected chi connectivity index (χ2v) is 6.11. The molecule has 2 N–H and O–H groups in total. The Hall–Kier alpha value is -1.53. The molecule has 0 atom stereocenters. The molecule has 1 aliphatic heterocycles. The Morgan fingerprint density at radius 3 is 2.76 bits per heavy atom. The summed E-state index contributed by atoms with van der Waals surface area (Å²) in [5, 5.41) is 5.75. The fourth-order valence-electron chi connectivity index (χ4n) is 2.14. The Balaban J connectivity index is 1.99. The Kier molecular flexibility index (Phi) is 6.07. The Bertz CT molecular complexity index is 501. The molecule has 1 fully saturated rings. The number of benzene rings is 1. The second kappa shape index (κ2) is 8.05. The highest BCUT2D eigenvalue weighted by Gasteiger charge is 2.18. The second-order valence-electron chi connectivity index (χ2n) is 4.89. The number of carbonyl (C=O) groups excluding carboxylic acids is 2. The lowest BCUT2D eigenvalue weighted by molar-refractivity contribution is -0.116. The third-order valence-corrected chi connectivity index (χ3v) is 4.24. The smallest absolute Gasteiger partial charge is 0.253 e. The van der Waals surface area contributed by atoms with Crippen LogP contribution < -0.4 is 10.6 Å². The van der Waals surface area contributed by atoms with Crippen LogP contribution in [0.4, 0.5) is 5.69 Å². The third-order valence-electron chi connectivity index (χ3n) is 3.29. The predicted octanol–water partition coefficient (Wildman–Crippen LogP) is 1.42. The van der Waals surface area contributed by atoms with Gasteiger partial charge in [0.25, 0.3) is 5.91 Å². The van der Waals surface area contributed by atoms with E-state index >= 15 is 0 Å². The average Bonchev–Trinajstić information content (AvgIpc) is 2.53. The zero-order chi connectivity index (χ0) is 15.1. The van der Waals surface area contributed by atoms with E-state index in [1.165, 1.54) is 0 Å². The zero-order valence-corrected chi connectivity index (χ0v) is 13.0. The first-order chi connectivity index (χ1) is 10.2. The van der Waals surface area contributed by atoms with Crippen LogP contribution in [0.1, 0.15) is 16.8 Å². The molecular weight excluding hydrogens is 286 g/mol. The van der Waals surface area contributed by atoms with Crippen molar-refractivity contribution in [2.24, 2.45) is 0 Å². The van der Waals surface area contributed by atoms with Gasteiger partial charge in [0, 0.05) is 48.8 Å². The van der Waals surface area contributed by atoms with Gasteiger partial charge in [0.1, 0.15) is 0 Å². The van der Waals surface area contributed by atoms with Crippen molar-refractivity contribution in [3.05, 3.63) is 29.8 Å². The van der Waals surface area contributed by atoms with E-state index in [1.54, 1.807) is 24.3 Å². The number of rotatable bonds is 5. The first-order valence-corrected chi connectivity index (χ1v) is 8.27. The molecule has 0 aliphatic carbocycles. The van der Waals surface area contributed by atoms with Crippen LogP contribution in [0.15, 0.2) is 24.3 Å². The van der Waals surface area contributed by atoms with E-state index in [1.807, 2.05) is 23.7 Å². The van der Waals surface area contributed by atoms with Crippen LogP contribution in [-0.2, 0) is 4.79 Å². The molecule has 1 aliphatic rings. The lowest BCUT2D eigenvalue weighted by Gasteiger charge is -2.26. The van der Waals surface area contributed by atoms with Gasteiger partial charge >= 0.3 is 0 Å². The minimum Gasteiger partial charge on any atom is -0.337 e. The fraction of sp³-hybridized carbons (Fsp3) is 0.467. The largest absolute Gasteiger partial charge is 0.337 e. The van der Waals surface area contributed by atoms with Gasteiger partial charge in [0.05, 0.1) is 0 Å². The molecule has 0 bridgehead atoms. The molecule has 6 heteroatoms.